The van der Waals surface area contributed by atoms with E-state index in [2.05, 4.69) is 10.3 Å². The maximum absolute atomic E-state index is 15.4. The summed E-state index contributed by atoms with van der Waals surface area (Å²) < 4.78 is 20.3. The van der Waals surface area contributed by atoms with Crippen LogP contribution in [-0.2, 0) is 9.59 Å². The minimum absolute atomic E-state index is 0.0316. The Kier molecular flexibility index (Phi) is 8.79. The zero-order chi connectivity index (χ0) is 28.4. The molecule has 2 unspecified atom stereocenters. The van der Waals surface area contributed by atoms with E-state index >= 15 is 4.39 Å². The van der Waals surface area contributed by atoms with Gasteiger partial charge < -0.3 is 41.1 Å². The smallest absolute Gasteiger partial charge is 0.345 e. The Balaban J connectivity index is 1.77. The van der Waals surface area contributed by atoms with Crippen molar-refractivity contribution in [3.8, 4) is 5.88 Å². The number of carboxylic acid groups (broad SMARTS) is 1. The lowest BCUT2D eigenvalue weighted by Crippen LogP contribution is -2.50. The first-order valence-corrected chi connectivity index (χ1v) is 12.1. The summed E-state index contributed by atoms with van der Waals surface area (Å²) in [5, 5.41) is 40.5. The Morgan fingerprint density at radius 3 is 2.47 bits per heavy atom. The third kappa shape index (κ3) is 7.05. The molecule has 7 N–H and O–H groups in total. The highest BCUT2D eigenvalue weighted by molar-refractivity contribution is 6.35. The number of aliphatic hydroxyl groups is 3. The number of benzene rings is 1. The highest BCUT2D eigenvalue weighted by Gasteiger charge is 2.36. The molecule has 0 aliphatic carbocycles. The molecule has 14 heteroatoms. The van der Waals surface area contributed by atoms with Crippen molar-refractivity contribution in [3.05, 3.63) is 28.8 Å². The molecule has 0 saturated carbocycles. The summed E-state index contributed by atoms with van der Waals surface area (Å²) in [5.41, 5.74) is 3.35. The number of nitrogens with zero attached hydrogens (tertiary/aromatic N) is 2. The van der Waals surface area contributed by atoms with E-state index in [1.165, 1.54) is 18.2 Å². The number of carbonyl (C=O) groups is 3. The van der Waals surface area contributed by atoms with Crippen molar-refractivity contribution in [2.45, 2.75) is 50.2 Å². The zero-order valence-electron chi connectivity index (χ0n) is 20.8. The van der Waals surface area contributed by atoms with Gasteiger partial charge in [0.25, 0.3) is 5.91 Å². The second-order valence-corrected chi connectivity index (χ2v) is 10.3. The number of halogens is 2. The van der Waals surface area contributed by atoms with E-state index < -0.39 is 47.2 Å². The number of β-amino-alcohol motifs (C(OH)–C–C–N with tert-alkyl or cyclic N) is 1. The molecule has 0 bridgehead atoms. The SMILES string of the molecule is CC(C)(O)CN1CCC(F)(CNC(=O)c2cc(Cl)c(N)c3ccc(OC(=O)C(O)C(O)C(=O)O)nc23)CC1. The van der Waals surface area contributed by atoms with Gasteiger partial charge in [0.05, 0.1) is 33.9 Å². The standard InChI is InChI=1S/C24H30ClFN4O8/c1-23(2,37)11-30-7-5-24(26,6-8-30)10-28-20(33)13-9-14(25)16(27)12-3-4-15(29-17(12)13)38-22(36)19(32)18(31)21(34)35/h3-4,9,18-19,31-32,37H,5-8,10-11,27H2,1-2H3,(H,28,33)(H,34,35). The first kappa shape index (κ1) is 29.5. The van der Waals surface area contributed by atoms with Gasteiger partial charge in [-0.2, -0.15) is 0 Å². The number of ether oxygens (including phenoxy) is 1. The highest BCUT2D eigenvalue weighted by atomic mass is 35.5. The topological polar surface area (TPSA) is 196 Å². The number of fused-ring (bicyclic) bond motifs is 1. The number of amides is 1. The van der Waals surface area contributed by atoms with Crippen molar-refractivity contribution in [3.63, 3.8) is 0 Å². The summed E-state index contributed by atoms with van der Waals surface area (Å²) in [6.07, 6.45) is -4.52. The number of hydrogen-bond acceptors (Lipinski definition) is 10. The summed E-state index contributed by atoms with van der Waals surface area (Å²) in [5.74, 6) is -4.47. The molecule has 1 amide bonds. The van der Waals surface area contributed by atoms with E-state index in [-0.39, 0.29) is 46.6 Å². The van der Waals surface area contributed by atoms with Gasteiger partial charge in [-0.25, -0.2) is 19.0 Å². The van der Waals surface area contributed by atoms with E-state index in [0.717, 1.165) is 0 Å². The number of rotatable bonds is 9. The van der Waals surface area contributed by atoms with Crippen molar-refractivity contribution < 1.29 is 43.9 Å². The molecular formula is C24H30ClFN4O8. The fourth-order valence-electron chi connectivity index (χ4n) is 4.09. The van der Waals surface area contributed by atoms with Crippen LogP contribution in [-0.4, -0.2) is 97.8 Å². The Morgan fingerprint density at radius 2 is 1.89 bits per heavy atom. The van der Waals surface area contributed by atoms with Crippen molar-refractivity contribution in [1.82, 2.24) is 15.2 Å². The van der Waals surface area contributed by atoms with Crippen LogP contribution in [0, 0.1) is 0 Å². The summed E-state index contributed by atoms with van der Waals surface area (Å²) in [4.78, 5) is 41.9. The van der Waals surface area contributed by atoms with Crippen LogP contribution in [0.2, 0.25) is 5.02 Å². The van der Waals surface area contributed by atoms with Crippen molar-refractivity contribution in [1.29, 1.82) is 0 Å². The number of piperidine rings is 1. The Bertz CT molecular complexity index is 1230. The molecule has 1 aromatic heterocycles. The molecular weight excluding hydrogens is 527 g/mol. The third-order valence-electron chi connectivity index (χ3n) is 6.12. The van der Waals surface area contributed by atoms with E-state index in [1.54, 1.807) is 13.8 Å². The van der Waals surface area contributed by atoms with Crippen LogP contribution < -0.4 is 15.8 Å². The number of aromatic nitrogens is 1. The summed E-state index contributed by atoms with van der Waals surface area (Å²) in [7, 11) is 0. The lowest BCUT2D eigenvalue weighted by atomic mass is 9.92. The van der Waals surface area contributed by atoms with Crippen molar-refractivity contribution in [2.24, 2.45) is 0 Å². The van der Waals surface area contributed by atoms with Gasteiger partial charge in [-0.15, -0.1) is 0 Å². The van der Waals surface area contributed by atoms with Crippen LogP contribution in [0.3, 0.4) is 0 Å². The summed E-state index contributed by atoms with van der Waals surface area (Å²) in [6, 6.07) is 3.75. The van der Waals surface area contributed by atoms with Crippen LogP contribution in [0.4, 0.5) is 10.1 Å². The molecule has 1 aliphatic rings. The number of alkyl halides is 1. The van der Waals surface area contributed by atoms with Crippen LogP contribution in [0.15, 0.2) is 18.2 Å². The average Bonchev–Trinajstić information content (AvgIpc) is 2.84. The second kappa shape index (κ2) is 11.3. The fourth-order valence-corrected chi connectivity index (χ4v) is 4.30. The van der Waals surface area contributed by atoms with E-state index in [0.29, 0.717) is 19.6 Å². The first-order valence-electron chi connectivity index (χ1n) is 11.7. The number of nitrogens with one attached hydrogen (secondary N) is 1. The number of carbonyl (C=O) groups excluding carboxylic acids is 2. The summed E-state index contributed by atoms with van der Waals surface area (Å²) in [6.45, 7) is 4.27. The molecule has 2 aromatic rings. The quantitative estimate of drug-likeness (QED) is 0.186. The Morgan fingerprint density at radius 1 is 1.26 bits per heavy atom. The number of hydrogen-bond donors (Lipinski definition) is 6. The van der Waals surface area contributed by atoms with Crippen molar-refractivity contribution >= 4 is 46.0 Å². The molecule has 38 heavy (non-hydrogen) atoms. The van der Waals surface area contributed by atoms with Gasteiger partial charge in [-0.05, 0) is 38.8 Å². The number of carboxylic acids is 1. The molecule has 1 aliphatic heterocycles. The molecule has 208 valence electrons. The monoisotopic (exact) mass is 556 g/mol. The highest BCUT2D eigenvalue weighted by Crippen LogP contribution is 2.33. The first-order chi connectivity index (χ1) is 17.6. The molecule has 0 radical (unpaired) electrons. The lowest BCUT2D eigenvalue weighted by Gasteiger charge is -2.38. The van der Waals surface area contributed by atoms with Crippen LogP contribution in [0.5, 0.6) is 5.88 Å². The lowest BCUT2D eigenvalue weighted by molar-refractivity contribution is -0.164. The number of aliphatic hydroxyl groups excluding tert-OH is 2. The van der Waals surface area contributed by atoms with E-state index in [9.17, 15) is 29.7 Å². The number of aliphatic carboxylic acids is 1. The molecule has 1 aromatic carbocycles. The molecule has 0 spiro atoms. The maximum Gasteiger partial charge on any atom is 0.345 e. The summed E-state index contributed by atoms with van der Waals surface area (Å²) >= 11 is 6.18. The average molecular weight is 557 g/mol. The van der Waals surface area contributed by atoms with Crippen LogP contribution >= 0.6 is 11.6 Å². The molecule has 2 heterocycles. The molecule has 1 saturated heterocycles. The largest absolute Gasteiger partial charge is 0.479 e. The predicted molar refractivity (Wildman–Crippen MR) is 135 cm³/mol. The number of likely N-dealkylation sites (tertiary alicyclic amines) is 1. The number of nitrogen functional groups attached to an aromatic ring is 1. The third-order valence-corrected chi connectivity index (χ3v) is 6.43. The van der Waals surface area contributed by atoms with Gasteiger partial charge in [0.2, 0.25) is 5.88 Å². The molecule has 2 atom stereocenters. The van der Waals surface area contributed by atoms with Crippen LogP contribution in [0.1, 0.15) is 37.0 Å². The zero-order valence-corrected chi connectivity index (χ0v) is 21.5. The van der Waals surface area contributed by atoms with Crippen molar-refractivity contribution in [2.75, 3.05) is 31.9 Å². The molecule has 12 nitrogen and oxygen atoms in total. The molecule has 3 rings (SSSR count). The van der Waals surface area contributed by atoms with Gasteiger partial charge in [0, 0.05) is 31.1 Å². The van der Waals surface area contributed by atoms with Gasteiger partial charge >= 0.3 is 11.9 Å². The normalized spacial score (nSPS) is 17.6. The fraction of sp³-hybridized carbons (Fsp3) is 0.500. The van der Waals surface area contributed by atoms with Gasteiger partial charge in [-0.3, -0.25) is 4.79 Å². The molecule has 1 fully saturated rings. The van der Waals surface area contributed by atoms with Crippen LogP contribution in [0.25, 0.3) is 10.9 Å². The number of pyridine rings is 1. The van der Waals surface area contributed by atoms with Gasteiger partial charge in [-0.1, -0.05) is 11.6 Å². The maximum atomic E-state index is 15.4. The predicted octanol–water partition coefficient (Wildman–Crippen LogP) is 0.487. The van der Waals surface area contributed by atoms with E-state index in [4.69, 9.17) is 27.2 Å². The Hall–Kier alpha value is -3.10. The minimum atomic E-state index is -2.42. The number of nitrogens with two attached hydrogens (primary N) is 1. The van der Waals surface area contributed by atoms with Gasteiger partial charge in [0.1, 0.15) is 5.67 Å². The van der Waals surface area contributed by atoms with Gasteiger partial charge in [0.15, 0.2) is 12.2 Å². The second-order valence-electron chi connectivity index (χ2n) is 9.94. The number of esters is 1. The number of anilines is 1. The Labute approximate surface area is 222 Å². The minimum Gasteiger partial charge on any atom is -0.479 e. The van der Waals surface area contributed by atoms with E-state index in [1.807, 2.05) is 4.90 Å².